The number of carboxylic acid groups (broad SMARTS) is 1. The summed E-state index contributed by atoms with van der Waals surface area (Å²) in [5.74, 6) is -1.15. The van der Waals surface area contributed by atoms with Gasteiger partial charge in [-0.25, -0.2) is 0 Å². The summed E-state index contributed by atoms with van der Waals surface area (Å²) in [5, 5.41) is 9.85. The third-order valence-electron chi connectivity index (χ3n) is 5.45. The molecule has 0 spiro atoms. The molecule has 3 heteroatoms. The number of benzene rings is 1. The van der Waals surface area contributed by atoms with Gasteiger partial charge in [0.1, 0.15) is 0 Å². The summed E-state index contributed by atoms with van der Waals surface area (Å²) in [4.78, 5) is 15.2. The Morgan fingerprint density at radius 3 is 2.15 bits per heavy atom. The maximum absolute atomic E-state index is 12.0. The van der Waals surface area contributed by atoms with Crippen LogP contribution in [-0.2, 0) is 4.79 Å². The average molecular weight is 370 g/mol. The minimum Gasteiger partial charge on any atom is -0.481 e. The fourth-order valence-corrected chi connectivity index (χ4v) is 3.89. The van der Waals surface area contributed by atoms with Crippen LogP contribution in [-0.4, -0.2) is 16.1 Å². The van der Waals surface area contributed by atoms with E-state index in [1.54, 1.807) is 0 Å². The Morgan fingerprint density at radius 2 is 1.56 bits per heavy atom. The van der Waals surface area contributed by atoms with Crippen LogP contribution in [0.5, 0.6) is 0 Å². The van der Waals surface area contributed by atoms with Crippen LogP contribution in [0.3, 0.4) is 0 Å². The van der Waals surface area contributed by atoms with Gasteiger partial charge in [0.05, 0.1) is 5.92 Å². The number of hydrogen-bond acceptors (Lipinski definition) is 1. The lowest BCUT2D eigenvalue weighted by Gasteiger charge is -2.15. The van der Waals surface area contributed by atoms with Gasteiger partial charge in [-0.2, -0.15) is 0 Å². The Bertz CT molecular complexity index is 675. The second-order valence-electron chi connectivity index (χ2n) is 7.61. The van der Waals surface area contributed by atoms with Crippen LogP contribution in [0.4, 0.5) is 0 Å². The minimum absolute atomic E-state index is 0.434. The van der Waals surface area contributed by atoms with E-state index in [1.807, 2.05) is 43.5 Å². The molecule has 1 unspecified atom stereocenters. The van der Waals surface area contributed by atoms with Crippen molar-refractivity contribution in [3.8, 4) is 11.1 Å². The van der Waals surface area contributed by atoms with Gasteiger partial charge in [0.15, 0.2) is 0 Å². The van der Waals surface area contributed by atoms with Gasteiger partial charge >= 0.3 is 5.97 Å². The lowest BCUT2D eigenvalue weighted by Crippen LogP contribution is -2.13. The zero-order valence-corrected chi connectivity index (χ0v) is 17.0. The van der Waals surface area contributed by atoms with Crippen LogP contribution in [0.1, 0.15) is 88.3 Å². The molecule has 0 radical (unpaired) electrons. The van der Waals surface area contributed by atoms with E-state index in [0.29, 0.717) is 6.42 Å². The summed E-state index contributed by atoms with van der Waals surface area (Å²) in [6.45, 7) is 4.22. The first kappa shape index (κ1) is 21.3. The van der Waals surface area contributed by atoms with Crippen molar-refractivity contribution in [2.75, 3.05) is 0 Å². The van der Waals surface area contributed by atoms with Gasteiger partial charge in [0, 0.05) is 17.5 Å². The highest BCUT2D eigenvalue weighted by atomic mass is 16.4. The van der Waals surface area contributed by atoms with Crippen LogP contribution < -0.4 is 0 Å². The van der Waals surface area contributed by atoms with Gasteiger partial charge in [-0.05, 0) is 24.5 Å². The molecule has 1 heterocycles. The normalized spacial score (nSPS) is 12.2. The van der Waals surface area contributed by atoms with Crippen molar-refractivity contribution in [1.29, 1.82) is 0 Å². The molecular weight excluding hydrogens is 334 g/mol. The quantitative estimate of drug-likeness (QED) is 0.371. The number of aliphatic carboxylic acids is 1. The van der Waals surface area contributed by atoms with Crippen molar-refractivity contribution in [2.45, 2.75) is 84.0 Å². The molecule has 2 rings (SSSR count). The molecule has 0 aliphatic rings. The molecule has 0 saturated carbocycles. The second kappa shape index (κ2) is 11.6. The molecule has 0 fully saturated rings. The molecule has 148 valence electrons. The number of aromatic amines is 1. The maximum Gasteiger partial charge on any atom is 0.311 e. The number of carbonyl (C=O) groups is 1. The van der Waals surface area contributed by atoms with E-state index >= 15 is 0 Å². The lowest BCUT2D eigenvalue weighted by atomic mass is 9.88. The van der Waals surface area contributed by atoms with Gasteiger partial charge in [-0.1, -0.05) is 95.0 Å². The van der Waals surface area contributed by atoms with Gasteiger partial charge in [0.25, 0.3) is 0 Å². The Labute approximate surface area is 164 Å². The van der Waals surface area contributed by atoms with E-state index in [0.717, 1.165) is 35.2 Å². The highest BCUT2D eigenvalue weighted by Crippen LogP contribution is 2.35. The van der Waals surface area contributed by atoms with Crippen LogP contribution >= 0.6 is 0 Å². The molecule has 3 nitrogen and oxygen atoms in total. The number of H-pyrrole nitrogens is 1. The molecule has 2 aromatic rings. The van der Waals surface area contributed by atoms with Crippen LogP contribution in [0.25, 0.3) is 11.1 Å². The molecule has 0 bridgehead atoms. The van der Waals surface area contributed by atoms with Crippen molar-refractivity contribution >= 4 is 5.97 Å². The Morgan fingerprint density at radius 1 is 0.963 bits per heavy atom. The largest absolute Gasteiger partial charge is 0.481 e. The van der Waals surface area contributed by atoms with Gasteiger partial charge < -0.3 is 10.1 Å². The predicted molar refractivity (Wildman–Crippen MR) is 113 cm³/mol. The Hall–Kier alpha value is -2.03. The van der Waals surface area contributed by atoms with E-state index in [9.17, 15) is 9.90 Å². The molecule has 1 aromatic carbocycles. The van der Waals surface area contributed by atoms with Crippen molar-refractivity contribution in [3.05, 3.63) is 47.8 Å². The second-order valence-corrected chi connectivity index (χ2v) is 7.61. The van der Waals surface area contributed by atoms with Gasteiger partial charge in [-0.3, -0.25) is 4.79 Å². The molecule has 0 saturated heterocycles. The smallest absolute Gasteiger partial charge is 0.311 e. The van der Waals surface area contributed by atoms with Crippen LogP contribution in [0.2, 0.25) is 0 Å². The van der Waals surface area contributed by atoms with E-state index in [4.69, 9.17) is 0 Å². The molecule has 1 aromatic heterocycles. The Kier molecular flexibility index (Phi) is 9.17. The SMILES string of the molecule is CCCCCCCCCCCC(C(=O)O)c1c(-c2ccccc2)c[nH]c1C. The molecule has 2 N–H and O–H groups in total. The number of carboxylic acids is 1. The fourth-order valence-electron chi connectivity index (χ4n) is 3.89. The van der Waals surface area contributed by atoms with Crippen molar-refractivity contribution in [2.24, 2.45) is 0 Å². The summed E-state index contributed by atoms with van der Waals surface area (Å²) in [7, 11) is 0. The number of hydrogen-bond donors (Lipinski definition) is 2. The van der Waals surface area contributed by atoms with E-state index in [2.05, 4.69) is 11.9 Å². The standard InChI is InChI=1S/C24H35NO2/c1-3-4-5-6-7-8-9-10-14-17-21(24(26)27)23-19(2)25-18-22(23)20-15-12-11-13-16-20/h11-13,15-16,18,21,25H,3-10,14,17H2,1-2H3,(H,26,27). The van der Waals surface area contributed by atoms with Gasteiger partial charge in [0.2, 0.25) is 0 Å². The van der Waals surface area contributed by atoms with E-state index in [-0.39, 0.29) is 0 Å². The molecular formula is C24H35NO2. The molecule has 27 heavy (non-hydrogen) atoms. The third-order valence-corrected chi connectivity index (χ3v) is 5.45. The number of aryl methyl sites for hydroxylation is 1. The van der Waals surface area contributed by atoms with Crippen LogP contribution in [0.15, 0.2) is 36.5 Å². The summed E-state index contributed by atoms with van der Waals surface area (Å²) < 4.78 is 0. The summed E-state index contributed by atoms with van der Waals surface area (Å²) in [6, 6.07) is 10.1. The third kappa shape index (κ3) is 6.57. The monoisotopic (exact) mass is 369 g/mol. The maximum atomic E-state index is 12.0. The topological polar surface area (TPSA) is 53.1 Å². The van der Waals surface area contributed by atoms with Gasteiger partial charge in [-0.15, -0.1) is 0 Å². The summed E-state index contributed by atoms with van der Waals surface area (Å²) in [6.07, 6.45) is 13.9. The average Bonchev–Trinajstić information content (AvgIpc) is 3.05. The molecule has 0 aliphatic carbocycles. The highest BCUT2D eigenvalue weighted by molar-refractivity contribution is 5.82. The van der Waals surface area contributed by atoms with Crippen molar-refractivity contribution < 1.29 is 9.90 Å². The zero-order valence-electron chi connectivity index (χ0n) is 17.0. The zero-order chi connectivity index (χ0) is 19.5. The van der Waals surface area contributed by atoms with E-state index in [1.165, 1.54) is 44.9 Å². The first-order valence-corrected chi connectivity index (χ1v) is 10.6. The summed E-state index contributed by atoms with van der Waals surface area (Å²) in [5.41, 5.74) is 4.03. The number of unbranched alkanes of at least 4 members (excludes halogenated alkanes) is 8. The minimum atomic E-state index is -0.713. The first-order valence-electron chi connectivity index (χ1n) is 10.6. The highest BCUT2D eigenvalue weighted by Gasteiger charge is 2.25. The molecule has 0 amide bonds. The summed E-state index contributed by atoms with van der Waals surface area (Å²) >= 11 is 0. The Balaban J connectivity index is 1.89. The number of aromatic nitrogens is 1. The molecule has 1 atom stereocenters. The number of nitrogens with one attached hydrogen (secondary N) is 1. The van der Waals surface area contributed by atoms with Crippen molar-refractivity contribution in [1.82, 2.24) is 4.98 Å². The van der Waals surface area contributed by atoms with Crippen molar-refractivity contribution in [3.63, 3.8) is 0 Å². The van der Waals surface area contributed by atoms with Crippen LogP contribution in [0, 0.1) is 6.92 Å². The fraction of sp³-hybridized carbons (Fsp3) is 0.542. The van der Waals surface area contributed by atoms with E-state index < -0.39 is 11.9 Å². The number of rotatable bonds is 13. The predicted octanol–water partition coefficient (Wildman–Crippen LogP) is 7.08. The molecule has 0 aliphatic heterocycles. The lowest BCUT2D eigenvalue weighted by molar-refractivity contribution is -0.139. The first-order chi connectivity index (χ1) is 13.1.